The van der Waals surface area contributed by atoms with Crippen molar-refractivity contribution in [1.29, 1.82) is 5.26 Å². The number of nitrogens with zero attached hydrogens (tertiary/aromatic N) is 3. The molecule has 2 aromatic heterocycles. The molecule has 3 heterocycles. The van der Waals surface area contributed by atoms with E-state index in [4.69, 9.17) is 4.74 Å². The molecule has 3 N–H and O–H groups in total. The quantitative estimate of drug-likeness (QED) is 0.140. The van der Waals surface area contributed by atoms with Crippen LogP contribution in [0.5, 0.6) is 11.5 Å². The number of anilines is 3. The van der Waals surface area contributed by atoms with Crippen molar-refractivity contribution in [1.82, 2.24) is 15.6 Å². The van der Waals surface area contributed by atoms with Gasteiger partial charge in [-0.05, 0) is 93.3 Å². The maximum absolute atomic E-state index is 13.6. The fourth-order valence-electron chi connectivity index (χ4n) is 6.11. The standard InChI is InChI=1S/C35H32N6O4S/c1-20-17-26(45-25-5-3-2-4-6-25)13-14-27(20)41-28-15-16-37-34-29(28)30(40-35(41)44)31(46-34)33(43)39-24-11-9-23(10-12-24)38-32(42)22(19-36)18-21-7-8-21/h2-6,13-18,21,23-24H,7-12H2,1H3,(H,38,42)(H,39,43)(H,40,44)/b22-18+/t23-,24+. The third-order valence-electron chi connectivity index (χ3n) is 8.63. The van der Waals surface area contributed by atoms with Crippen LogP contribution in [0.3, 0.4) is 0 Å². The van der Waals surface area contributed by atoms with Crippen molar-refractivity contribution in [3.8, 4) is 17.6 Å². The van der Waals surface area contributed by atoms with Gasteiger partial charge in [0.2, 0.25) is 0 Å². The number of carbonyl (C=O) groups excluding carboxylic acids is 3. The van der Waals surface area contributed by atoms with Crippen LogP contribution < -0.4 is 25.6 Å². The zero-order valence-electron chi connectivity index (χ0n) is 25.2. The largest absolute Gasteiger partial charge is 0.457 e. The van der Waals surface area contributed by atoms with E-state index in [0.29, 0.717) is 64.1 Å². The number of hydrogen-bond donors (Lipinski definition) is 3. The molecule has 7 rings (SSSR count). The van der Waals surface area contributed by atoms with Crippen LogP contribution in [0.2, 0.25) is 0 Å². The van der Waals surface area contributed by atoms with E-state index in [9.17, 15) is 19.6 Å². The number of para-hydroxylation sites is 1. The second kappa shape index (κ2) is 12.3. The molecule has 0 bridgehead atoms. The van der Waals surface area contributed by atoms with Gasteiger partial charge in [0.25, 0.3) is 11.8 Å². The molecule has 232 valence electrons. The van der Waals surface area contributed by atoms with Crippen LogP contribution in [0.15, 0.2) is 72.4 Å². The van der Waals surface area contributed by atoms with Gasteiger partial charge in [-0.2, -0.15) is 5.26 Å². The van der Waals surface area contributed by atoms with Gasteiger partial charge in [0, 0.05) is 18.3 Å². The molecule has 1 aliphatic heterocycles. The van der Waals surface area contributed by atoms with E-state index in [1.807, 2.05) is 61.5 Å². The molecule has 11 heteroatoms. The highest BCUT2D eigenvalue weighted by Crippen LogP contribution is 2.46. The number of hydrogen-bond acceptors (Lipinski definition) is 7. The summed E-state index contributed by atoms with van der Waals surface area (Å²) < 4.78 is 5.98. The Labute approximate surface area is 270 Å². The highest BCUT2D eigenvalue weighted by Gasteiger charge is 2.34. The second-order valence-corrected chi connectivity index (χ2v) is 13.0. The summed E-state index contributed by atoms with van der Waals surface area (Å²) in [7, 11) is 0. The second-order valence-electron chi connectivity index (χ2n) is 12.0. The van der Waals surface area contributed by atoms with Crippen LogP contribution in [-0.2, 0) is 4.79 Å². The van der Waals surface area contributed by atoms with Crippen LogP contribution >= 0.6 is 11.3 Å². The Kier molecular flexibility index (Phi) is 7.88. The summed E-state index contributed by atoms with van der Waals surface area (Å²) in [6, 6.07) is 18.4. The molecule has 10 nitrogen and oxygen atoms in total. The first kappa shape index (κ1) is 29.5. The minimum atomic E-state index is -0.365. The minimum Gasteiger partial charge on any atom is -0.457 e. The molecule has 4 aromatic rings. The lowest BCUT2D eigenvalue weighted by molar-refractivity contribution is -0.118. The van der Waals surface area contributed by atoms with E-state index < -0.39 is 0 Å². The van der Waals surface area contributed by atoms with Crippen LogP contribution in [-0.4, -0.2) is 34.9 Å². The summed E-state index contributed by atoms with van der Waals surface area (Å²) in [5.74, 6) is 1.16. The first-order valence-corrected chi connectivity index (χ1v) is 16.3. The lowest BCUT2D eigenvalue weighted by Crippen LogP contribution is -2.44. The van der Waals surface area contributed by atoms with Crippen molar-refractivity contribution < 1.29 is 19.1 Å². The number of ether oxygens (including phenoxy) is 1. The summed E-state index contributed by atoms with van der Waals surface area (Å²) in [5.41, 5.74) is 2.86. The Morgan fingerprint density at radius 2 is 1.74 bits per heavy atom. The maximum Gasteiger partial charge on any atom is 0.331 e. The van der Waals surface area contributed by atoms with E-state index in [1.54, 1.807) is 23.2 Å². The molecule has 46 heavy (non-hydrogen) atoms. The van der Waals surface area contributed by atoms with Gasteiger partial charge in [-0.15, -0.1) is 11.3 Å². The maximum atomic E-state index is 13.6. The molecule has 2 fully saturated rings. The summed E-state index contributed by atoms with van der Waals surface area (Å²) in [6.07, 6.45) is 8.27. The molecule has 2 saturated carbocycles. The van der Waals surface area contributed by atoms with Gasteiger partial charge in [-0.1, -0.05) is 24.3 Å². The lowest BCUT2D eigenvalue weighted by Gasteiger charge is -2.30. The fourth-order valence-corrected chi connectivity index (χ4v) is 7.13. The number of allylic oxidation sites excluding steroid dienone is 1. The van der Waals surface area contributed by atoms with Crippen LogP contribution in [0.25, 0.3) is 10.2 Å². The van der Waals surface area contributed by atoms with Crippen molar-refractivity contribution in [3.05, 3.63) is 82.9 Å². The SMILES string of the molecule is Cc1cc(Oc2ccccc2)ccc1N1C(=O)Nc2c(C(=O)N[C@H]3CC[C@@H](NC(=O)/C(C#N)=C/C4CC4)CC3)sc3nccc1c23. The van der Waals surface area contributed by atoms with Gasteiger partial charge in [0.1, 0.15) is 32.8 Å². The van der Waals surface area contributed by atoms with Gasteiger partial charge >= 0.3 is 6.03 Å². The molecular weight excluding hydrogens is 600 g/mol. The van der Waals surface area contributed by atoms with Crippen LogP contribution in [0, 0.1) is 24.2 Å². The molecule has 0 saturated heterocycles. The highest BCUT2D eigenvalue weighted by molar-refractivity contribution is 7.21. The summed E-state index contributed by atoms with van der Waals surface area (Å²) >= 11 is 1.25. The predicted molar refractivity (Wildman–Crippen MR) is 177 cm³/mol. The lowest BCUT2D eigenvalue weighted by atomic mass is 9.91. The fraction of sp³-hybridized carbons (Fsp3) is 0.286. The number of amides is 4. The minimum absolute atomic E-state index is 0.0402. The molecule has 0 spiro atoms. The van der Waals surface area contributed by atoms with E-state index >= 15 is 0 Å². The summed E-state index contributed by atoms with van der Waals surface area (Å²) in [4.78, 5) is 47.0. The monoisotopic (exact) mass is 632 g/mol. The van der Waals surface area contributed by atoms with Gasteiger partial charge in [0.15, 0.2) is 0 Å². The Balaban J connectivity index is 1.05. The van der Waals surface area contributed by atoms with E-state index in [1.165, 1.54) is 11.3 Å². The summed E-state index contributed by atoms with van der Waals surface area (Å²) in [6.45, 7) is 1.92. The number of nitriles is 1. The number of pyridine rings is 1. The first-order valence-electron chi connectivity index (χ1n) is 15.5. The van der Waals surface area contributed by atoms with Gasteiger partial charge < -0.3 is 20.7 Å². The molecular formula is C35H32N6O4S. The predicted octanol–water partition coefficient (Wildman–Crippen LogP) is 7.10. The Morgan fingerprint density at radius 1 is 1.00 bits per heavy atom. The zero-order chi connectivity index (χ0) is 31.8. The van der Waals surface area contributed by atoms with Crippen molar-refractivity contribution in [3.63, 3.8) is 0 Å². The topological polar surface area (TPSA) is 136 Å². The zero-order valence-corrected chi connectivity index (χ0v) is 26.0. The number of nitrogens with one attached hydrogen (secondary N) is 3. The Morgan fingerprint density at radius 3 is 2.43 bits per heavy atom. The number of thiophene rings is 1. The Hall–Kier alpha value is -5.21. The third-order valence-corrected chi connectivity index (χ3v) is 9.72. The van der Waals surface area contributed by atoms with Gasteiger partial charge in [-0.25, -0.2) is 9.78 Å². The highest BCUT2D eigenvalue weighted by atomic mass is 32.1. The molecule has 3 aliphatic rings. The van der Waals surface area contributed by atoms with Gasteiger partial charge in [0.05, 0.1) is 22.4 Å². The molecule has 4 amide bonds. The van der Waals surface area contributed by atoms with E-state index in [2.05, 4.69) is 20.9 Å². The smallest absolute Gasteiger partial charge is 0.331 e. The van der Waals surface area contributed by atoms with Crippen molar-refractivity contribution in [2.24, 2.45) is 5.92 Å². The van der Waals surface area contributed by atoms with Crippen LogP contribution in [0.1, 0.15) is 53.8 Å². The van der Waals surface area contributed by atoms with Crippen molar-refractivity contribution in [2.75, 3.05) is 10.2 Å². The molecule has 0 unspecified atom stereocenters. The normalized spacial score (nSPS) is 19.3. The Bertz CT molecular complexity index is 1920. The average Bonchev–Trinajstić information content (AvgIpc) is 3.81. The van der Waals surface area contributed by atoms with Crippen LogP contribution in [0.4, 0.5) is 21.9 Å². The van der Waals surface area contributed by atoms with Crippen molar-refractivity contribution in [2.45, 2.75) is 57.5 Å². The number of carbonyl (C=O) groups is 3. The summed E-state index contributed by atoms with van der Waals surface area (Å²) in [5, 5.41) is 19.2. The number of benzene rings is 2. The third kappa shape index (κ3) is 5.91. The number of urea groups is 1. The van der Waals surface area contributed by atoms with E-state index in [0.717, 1.165) is 29.5 Å². The van der Waals surface area contributed by atoms with Gasteiger partial charge in [-0.3, -0.25) is 14.5 Å². The molecule has 2 aliphatic carbocycles. The first-order chi connectivity index (χ1) is 22.4. The molecule has 0 radical (unpaired) electrons. The van der Waals surface area contributed by atoms with E-state index in [-0.39, 0.29) is 35.5 Å². The number of aromatic nitrogens is 1. The average molecular weight is 633 g/mol. The number of aryl methyl sites for hydroxylation is 1. The molecule has 2 aromatic carbocycles. The number of rotatable bonds is 8. The van der Waals surface area contributed by atoms with Crippen molar-refractivity contribution >= 4 is 56.5 Å². The molecule has 0 atom stereocenters.